The van der Waals surface area contributed by atoms with Gasteiger partial charge in [-0.05, 0) is 31.5 Å². The number of hydrogen-bond donors (Lipinski definition) is 1. The van der Waals surface area contributed by atoms with E-state index in [4.69, 9.17) is 16.7 Å². The Labute approximate surface area is 110 Å². The quantitative estimate of drug-likeness (QED) is 0.914. The van der Waals surface area contributed by atoms with Gasteiger partial charge in [0, 0.05) is 17.3 Å². The molecular weight excluding hydrogens is 254 g/mol. The van der Waals surface area contributed by atoms with Gasteiger partial charge in [-0.3, -0.25) is 9.59 Å². The summed E-state index contributed by atoms with van der Waals surface area (Å²) in [7, 11) is 0. The maximum atomic E-state index is 11.9. The van der Waals surface area contributed by atoms with Gasteiger partial charge in [0.05, 0.1) is 11.8 Å². The predicted molar refractivity (Wildman–Crippen MR) is 68.9 cm³/mol. The second kappa shape index (κ2) is 4.28. The normalized spacial score (nSPS) is 14.8. The zero-order chi connectivity index (χ0) is 13.5. The summed E-state index contributed by atoms with van der Waals surface area (Å²) < 4.78 is 0. The number of fused-ring (bicyclic) bond motifs is 1. The first-order valence-electron chi connectivity index (χ1n) is 5.63. The average molecular weight is 268 g/mol. The van der Waals surface area contributed by atoms with E-state index in [0.29, 0.717) is 11.4 Å². The minimum atomic E-state index is -0.987. The molecule has 1 heterocycles. The number of benzene rings is 1. The molecule has 1 amide bonds. The van der Waals surface area contributed by atoms with Gasteiger partial charge in [-0.2, -0.15) is 0 Å². The largest absolute Gasteiger partial charge is 0.481 e. The number of carbonyl (C=O) groups is 2. The first-order chi connectivity index (χ1) is 8.31. The summed E-state index contributed by atoms with van der Waals surface area (Å²) in [6.45, 7) is 3.35. The monoisotopic (exact) mass is 267 g/mol. The Morgan fingerprint density at radius 3 is 2.78 bits per heavy atom. The summed E-state index contributed by atoms with van der Waals surface area (Å²) in [5, 5.41) is 9.67. The summed E-state index contributed by atoms with van der Waals surface area (Å²) in [6, 6.07) is 5.25. The van der Waals surface area contributed by atoms with Crippen LogP contribution in [0, 0.1) is 5.41 Å². The summed E-state index contributed by atoms with van der Waals surface area (Å²) >= 11 is 5.92. The Morgan fingerprint density at radius 1 is 1.50 bits per heavy atom. The number of carboxylic acid groups (broad SMARTS) is 1. The fraction of sp³-hybridized carbons (Fsp3) is 0.385. The third-order valence-electron chi connectivity index (χ3n) is 3.11. The molecule has 1 N–H and O–H groups in total. The van der Waals surface area contributed by atoms with E-state index in [1.807, 2.05) is 6.07 Å². The van der Waals surface area contributed by atoms with Crippen LogP contribution in [0.15, 0.2) is 18.2 Å². The first-order valence-corrected chi connectivity index (χ1v) is 6.01. The van der Waals surface area contributed by atoms with Crippen LogP contribution in [-0.4, -0.2) is 23.5 Å². The Morgan fingerprint density at radius 2 is 2.17 bits per heavy atom. The lowest BCUT2D eigenvalue weighted by molar-refractivity contribution is -0.146. The van der Waals surface area contributed by atoms with Gasteiger partial charge in [-0.15, -0.1) is 0 Å². The highest BCUT2D eigenvalue weighted by Crippen LogP contribution is 2.33. The van der Waals surface area contributed by atoms with Gasteiger partial charge in [-0.1, -0.05) is 17.7 Å². The third kappa shape index (κ3) is 2.20. The number of aliphatic carboxylic acids is 1. The molecule has 0 aliphatic carbocycles. The van der Waals surface area contributed by atoms with Gasteiger partial charge < -0.3 is 10.0 Å². The van der Waals surface area contributed by atoms with Crippen LogP contribution in [0.1, 0.15) is 19.4 Å². The molecular formula is C13H14ClNO3. The van der Waals surface area contributed by atoms with E-state index in [0.717, 1.165) is 11.3 Å². The Hall–Kier alpha value is -1.55. The molecule has 0 spiro atoms. The smallest absolute Gasteiger partial charge is 0.310 e. The van der Waals surface area contributed by atoms with Crippen LogP contribution in [0.4, 0.5) is 5.69 Å². The zero-order valence-electron chi connectivity index (χ0n) is 10.2. The van der Waals surface area contributed by atoms with E-state index < -0.39 is 11.4 Å². The number of hydrogen-bond acceptors (Lipinski definition) is 2. The van der Waals surface area contributed by atoms with E-state index in [1.165, 1.54) is 4.90 Å². The molecule has 18 heavy (non-hydrogen) atoms. The van der Waals surface area contributed by atoms with Gasteiger partial charge in [-0.25, -0.2) is 0 Å². The highest BCUT2D eigenvalue weighted by Gasteiger charge is 2.36. The standard InChI is InChI=1S/C13H14ClNO3/c1-13(2,12(17)18)7-15-10-6-9(14)4-3-8(10)5-11(15)16/h3-4,6H,5,7H2,1-2H3,(H,17,18). The van der Waals surface area contributed by atoms with Gasteiger partial charge in [0.1, 0.15) is 0 Å². The van der Waals surface area contributed by atoms with Crippen molar-refractivity contribution in [2.75, 3.05) is 11.4 Å². The minimum Gasteiger partial charge on any atom is -0.481 e. The topological polar surface area (TPSA) is 57.6 Å². The number of nitrogens with zero attached hydrogens (tertiary/aromatic N) is 1. The van der Waals surface area contributed by atoms with Crippen molar-refractivity contribution in [1.29, 1.82) is 0 Å². The molecule has 2 rings (SSSR count). The average Bonchev–Trinajstić information content (AvgIpc) is 2.55. The molecule has 0 radical (unpaired) electrons. The van der Waals surface area contributed by atoms with Gasteiger partial charge in [0.15, 0.2) is 0 Å². The lowest BCUT2D eigenvalue weighted by atomic mass is 9.93. The summed E-state index contributed by atoms with van der Waals surface area (Å²) in [5.74, 6) is -1.01. The molecule has 0 fully saturated rings. The van der Waals surface area contributed by atoms with E-state index in [-0.39, 0.29) is 12.5 Å². The lowest BCUT2D eigenvalue weighted by Crippen LogP contribution is -2.40. The Bertz CT molecular complexity index is 525. The van der Waals surface area contributed by atoms with Crippen LogP contribution in [0.2, 0.25) is 5.02 Å². The summed E-state index contributed by atoms with van der Waals surface area (Å²) in [6.07, 6.45) is 0.308. The fourth-order valence-electron chi connectivity index (χ4n) is 1.97. The number of halogens is 1. The van der Waals surface area contributed by atoms with Crippen molar-refractivity contribution < 1.29 is 14.7 Å². The minimum absolute atomic E-state index is 0.0819. The van der Waals surface area contributed by atoms with Gasteiger partial charge >= 0.3 is 5.97 Å². The van der Waals surface area contributed by atoms with Crippen molar-refractivity contribution in [3.8, 4) is 0 Å². The van der Waals surface area contributed by atoms with Gasteiger partial charge in [0.2, 0.25) is 5.91 Å². The number of rotatable bonds is 3. The van der Waals surface area contributed by atoms with E-state index in [9.17, 15) is 9.59 Å². The molecule has 0 saturated carbocycles. The van der Waals surface area contributed by atoms with Crippen molar-refractivity contribution in [3.63, 3.8) is 0 Å². The number of carboxylic acids is 1. The van der Waals surface area contributed by atoms with E-state index >= 15 is 0 Å². The molecule has 1 aromatic carbocycles. The van der Waals surface area contributed by atoms with Crippen LogP contribution < -0.4 is 4.90 Å². The molecule has 5 heteroatoms. The molecule has 1 aliphatic heterocycles. The molecule has 0 aromatic heterocycles. The molecule has 1 aromatic rings. The second-order valence-electron chi connectivity index (χ2n) is 5.12. The van der Waals surface area contributed by atoms with Crippen molar-refractivity contribution >= 4 is 29.2 Å². The van der Waals surface area contributed by atoms with Gasteiger partial charge in [0.25, 0.3) is 0 Å². The SMILES string of the molecule is CC(C)(CN1C(=O)Cc2ccc(Cl)cc21)C(=O)O. The summed E-state index contributed by atoms with van der Waals surface area (Å²) in [4.78, 5) is 24.6. The van der Waals surface area contributed by atoms with Crippen molar-refractivity contribution in [2.24, 2.45) is 5.41 Å². The zero-order valence-corrected chi connectivity index (χ0v) is 11.0. The Kier molecular flexibility index (Phi) is 3.07. The molecule has 0 unspecified atom stereocenters. The van der Waals surface area contributed by atoms with Crippen LogP contribution in [-0.2, 0) is 16.0 Å². The maximum Gasteiger partial charge on any atom is 0.310 e. The van der Waals surface area contributed by atoms with Crippen LogP contribution in [0.5, 0.6) is 0 Å². The van der Waals surface area contributed by atoms with Crippen molar-refractivity contribution in [2.45, 2.75) is 20.3 Å². The van der Waals surface area contributed by atoms with Crippen LogP contribution >= 0.6 is 11.6 Å². The molecule has 96 valence electrons. The predicted octanol–water partition coefficient (Wildman–Crippen LogP) is 2.34. The molecule has 0 atom stereocenters. The maximum absolute atomic E-state index is 11.9. The Balaban J connectivity index is 2.33. The third-order valence-corrected chi connectivity index (χ3v) is 3.35. The molecule has 1 aliphatic rings. The van der Waals surface area contributed by atoms with E-state index in [1.54, 1.807) is 26.0 Å². The number of anilines is 1. The van der Waals surface area contributed by atoms with Crippen LogP contribution in [0.3, 0.4) is 0 Å². The summed E-state index contributed by atoms with van der Waals surface area (Å²) in [5.41, 5.74) is 0.631. The highest BCUT2D eigenvalue weighted by atomic mass is 35.5. The number of carbonyl (C=O) groups excluding carboxylic acids is 1. The fourth-order valence-corrected chi connectivity index (χ4v) is 2.13. The first kappa shape index (κ1) is 12.9. The lowest BCUT2D eigenvalue weighted by Gasteiger charge is -2.27. The highest BCUT2D eigenvalue weighted by molar-refractivity contribution is 6.31. The molecule has 0 bridgehead atoms. The molecule has 4 nitrogen and oxygen atoms in total. The molecule has 0 saturated heterocycles. The van der Waals surface area contributed by atoms with Crippen molar-refractivity contribution in [1.82, 2.24) is 0 Å². The van der Waals surface area contributed by atoms with Crippen molar-refractivity contribution in [3.05, 3.63) is 28.8 Å². The number of amides is 1. The van der Waals surface area contributed by atoms with E-state index in [2.05, 4.69) is 0 Å². The van der Waals surface area contributed by atoms with Crippen LogP contribution in [0.25, 0.3) is 0 Å². The second-order valence-corrected chi connectivity index (χ2v) is 5.56.